The van der Waals surface area contributed by atoms with E-state index in [0.717, 1.165) is 34.7 Å². The molecule has 2 aliphatic heterocycles. The molecule has 0 amide bonds. The SMILES string of the molecule is COc1ccc(CNc2cc3c4c(c2O)N=CC=4CCN=3)cc1OC. The second-order valence-electron chi connectivity index (χ2n) is 5.97. The highest BCUT2D eigenvalue weighted by Gasteiger charge is 2.19. The first-order valence-corrected chi connectivity index (χ1v) is 8.13. The summed E-state index contributed by atoms with van der Waals surface area (Å²) < 4.78 is 10.6. The van der Waals surface area contributed by atoms with Crippen molar-refractivity contribution in [1.29, 1.82) is 0 Å². The first kappa shape index (κ1) is 15.5. The molecule has 25 heavy (non-hydrogen) atoms. The van der Waals surface area contributed by atoms with Gasteiger partial charge in [0.1, 0.15) is 5.69 Å². The number of aliphatic imine (C=N–C) groups is 1. The van der Waals surface area contributed by atoms with Crippen molar-refractivity contribution in [3.63, 3.8) is 0 Å². The number of phenolic OH excluding ortho intramolecular Hbond substituents is 1. The minimum atomic E-state index is 0.169. The number of aromatic hydroxyl groups is 1. The van der Waals surface area contributed by atoms with Crippen molar-refractivity contribution in [3.8, 4) is 17.2 Å². The van der Waals surface area contributed by atoms with Gasteiger partial charge in [-0.2, -0.15) is 0 Å². The van der Waals surface area contributed by atoms with Gasteiger partial charge in [-0.1, -0.05) is 6.07 Å². The highest BCUT2D eigenvalue weighted by Crippen LogP contribution is 2.33. The third kappa shape index (κ3) is 2.59. The van der Waals surface area contributed by atoms with E-state index in [1.165, 1.54) is 0 Å². The first-order valence-electron chi connectivity index (χ1n) is 8.13. The molecule has 6 heteroatoms. The van der Waals surface area contributed by atoms with Gasteiger partial charge >= 0.3 is 0 Å². The minimum Gasteiger partial charge on any atom is -0.504 e. The fourth-order valence-corrected chi connectivity index (χ4v) is 3.23. The lowest BCUT2D eigenvalue weighted by atomic mass is 10.1. The van der Waals surface area contributed by atoms with E-state index in [1.807, 2.05) is 30.5 Å². The van der Waals surface area contributed by atoms with E-state index in [9.17, 15) is 5.11 Å². The molecule has 2 N–H and O–H groups in total. The summed E-state index contributed by atoms with van der Waals surface area (Å²) in [5.74, 6) is 1.53. The van der Waals surface area contributed by atoms with Crippen molar-refractivity contribution in [2.24, 2.45) is 9.98 Å². The highest BCUT2D eigenvalue weighted by molar-refractivity contribution is 6.08. The standard InChI is InChI=1S/C19H19N3O3/c1-24-15-4-3-11(7-16(15)25-2)9-21-14-8-13-17-12(5-6-20-13)10-22-18(17)19(14)23/h3-4,7-8,10,21,23H,5-6,9H2,1-2H3. The van der Waals surface area contributed by atoms with Gasteiger partial charge in [0.2, 0.25) is 0 Å². The average Bonchev–Trinajstić information content (AvgIpc) is 3.09. The van der Waals surface area contributed by atoms with Crippen LogP contribution in [-0.4, -0.2) is 32.1 Å². The Hall–Kier alpha value is -3.02. The maximum absolute atomic E-state index is 10.6. The molecule has 4 rings (SSSR count). The van der Waals surface area contributed by atoms with Gasteiger partial charge < -0.3 is 19.9 Å². The summed E-state index contributed by atoms with van der Waals surface area (Å²) in [5.41, 5.74) is 3.42. The molecule has 0 saturated carbocycles. The smallest absolute Gasteiger partial charge is 0.165 e. The fourth-order valence-electron chi connectivity index (χ4n) is 3.23. The summed E-state index contributed by atoms with van der Waals surface area (Å²) in [7, 11) is 3.22. The van der Waals surface area contributed by atoms with Crippen molar-refractivity contribution in [2.75, 3.05) is 26.1 Å². The zero-order valence-corrected chi connectivity index (χ0v) is 14.2. The molecule has 128 valence electrons. The second-order valence-corrected chi connectivity index (χ2v) is 5.97. The Kier molecular flexibility index (Phi) is 3.80. The highest BCUT2D eigenvalue weighted by atomic mass is 16.5. The van der Waals surface area contributed by atoms with Crippen molar-refractivity contribution < 1.29 is 14.6 Å². The summed E-state index contributed by atoms with van der Waals surface area (Å²) >= 11 is 0. The van der Waals surface area contributed by atoms with Gasteiger partial charge in [0, 0.05) is 24.5 Å². The van der Waals surface area contributed by atoms with Gasteiger partial charge in [-0.15, -0.1) is 0 Å². The van der Waals surface area contributed by atoms with Gasteiger partial charge in [0.25, 0.3) is 0 Å². The molecule has 0 aromatic heterocycles. The Balaban J connectivity index is 1.64. The number of hydrogen-bond acceptors (Lipinski definition) is 6. The zero-order valence-electron chi connectivity index (χ0n) is 14.2. The van der Waals surface area contributed by atoms with Crippen LogP contribution in [-0.2, 0) is 6.54 Å². The summed E-state index contributed by atoms with van der Waals surface area (Å²) in [6.07, 6.45) is 2.71. The third-order valence-electron chi connectivity index (χ3n) is 4.52. The number of benzene rings is 2. The average molecular weight is 337 g/mol. The number of nitrogens with zero attached hydrogens (tertiary/aromatic N) is 2. The maximum atomic E-state index is 10.6. The Bertz CT molecular complexity index is 996. The first-order chi connectivity index (χ1) is 12.2. The van der Waals surface area contributed by atoms with Crippen LogP contribution in [0, 0.1) is 0 Å². The lowest BCUT2D eigenvalue weighted by Crippen LogP contribution is -2.30. The van der Waals surface area contributed by atoms with Crippen molar-refractivity contribution in [1.82, 2.24) is 0 Å². The third-order valence-corrected chi connectivity index (χ3v) is 4.52. The Morgan fingerprint density at radius 3 is 2.80 bits per heavy atom. The van der Waals surface area contributed by atoms with Crippen LogP contribution in [0.25, 0.3) is 5.57 Å². The van der Waals surface area contributed by atoms with Crippen molar-refractivity contribution >= 4 is 23.2 Å². The zero-order chi connectivity index (χ0) is 17.4. The molecule has 2 aromatic rings. The lowest BCUT2D eigenvalue weighted by molar-refractivity contribution is 0.354. The van der Waals surface area contributed by atoms with Crippen LogP contribution in [0.15, 0.2) is 34.3 Å². The van der Waals surface area contributed by atoms with Crippen LogP contribution >= 0.6 is 0 Å². The van der Waals surface area contributed by atoms with E-state index >= 15 is 0 Å². The largest absolute Gasteiger partial charge is 0.504 e. The van der Waals surface area contributed by atoms with E-state index in [0.29, 0.717) is 29.4 Å². The molecule has 6 nitrogen and oxygen atoms in total. The fraction of sp³-hybridized carbons (Fsp3) is 0.263. The van der Waals surface area contributed by atoms with Gasteiger partial charge in [0.15, 0.2) is 17.2 Å². The van der Waals surface area contributed by atoms with E-state index in [4.69, 9.17) is 9.47 Å². The molecule has 2 aromatic carbocycles. The summed E-state index contributed by atoms with van der Waals surface area (Å²) in [6, 6.07) is 7.62. The number of ether oxygens (including phenoxy) is 2. The normalized spacial score (nSPS) is 14.1. The molecular formula is C19H19N3O3. The number of anilines is 1. The van der Waals surface area contributed by atoms with E-state index in [-0.39, 0.29) is 5.75 Å². The number of rotatable bonds is 5. The quantitative estimate of drug-likeness (QED) is 0.817. The molecule has 0 radical (unpaired) electrons. The predicted molar refractivity (Wildman–Crippen MR) is 96.8 cm³/mol. The number of methoxy groups -OCH3 is 2. The van der Waals surface area contributed by atoms with Crippen LogP contribution in [0.4, 0.5) is 11.4 Å². The molecule has 0 fully saturated rings. The van der Waals surface area contributed by atoms with Gasteiger partial charge in [-0.25, -0.2) is 0 Å². The summed E-state index contributed by atoms with van der Waals surface area (Å²) in [4.78, 5) is 8.93. The van der Waals surface area contributed by atoms with E-state index in [1.54, 1.807) is 14.2 Å². The predicted octanol–water partition coefficient (Wildman–Crippen LogP) is 1.91. The molecule has 0 atom stereocenters. The van der Waals surface area contributed by atoms with Crippen LogP contribution < -0.4 is 25.4 Å². The molecule has 0 aliphatic carbocycles. The van der Waals surface area contributed by atoms with E-state index < -0.39 is 0 Å². The van der Waals surface area contributed by atoms with Gasteiger partial charge in [0.05, 0.1) is 25.3 Å². The molecule has 0 unspecified atom stereocenters. The van der Waals surface area contributed by atoms with Gasteiger partial charge in [-0.05, 0) is 35.8 Å². The summed E-state index contributed by atoms with van der Waals surface area (Å²) in [5, 5.41) is 15.7. The molecule has 0 bridgehead atoms. The Morgan fingerprint density at radius 1 is 1.16 bits per heavy atom. The van der Waals surface area contributed by atoms with Gasteiger partial charge in [-0.3, -0.25) is 9.98 Å². The molecule has 2 aliphatic rings. The maximum Gasteiger partial charge on any atom is 0.165 e. The number of phenols is 1. The van der Waals surface area contributed by atoms with E-state index in [2.05, 4.69) is 15.3 Å². The molecule has 0 spiro atoms. The lowest BCUT2D eigenvalue weighted by Gasteiger charge is -2.13. The van der Waals surface area contributed by atoms with Crippen LogP contribution in [0.2, 0.25) is 0 Å². The summed E-state index contributed by atoms with van der Waals surface area (Å²) in [6.45, 7) is 1.29. The monoisotopic (exact) mass is 337 g/mol. The van der Waals surface area contributed by atoms with Crippen LogP contribution in [0.3, 0.4) is 0 Å². The Labute approximate surface area is 145 Å². The topological polar surface area (TPSA) is 75.4 Å². The van der Waals surface area contributed by atoms with Crippen LogP contribution in [0.1, 0.15) is 12.0 Å². The molecular weight excluding hydrogens is 318 g/mol. The number of hydrogen-bond donors (Lipinski definition) is 2. The minimum absolute atomic E-state index is 0.169. The van der Waals surface area contributed by atoms with Crippen molar-refractivity contribution in [2.45, 2.75) is 13.0 Å². The van der Waals surface area contributed by atoms with Crippen LogP contribution in [0.5, 0.6) is 17.2 Å². The second kappa shape index (κ2) is 6.12. The Morgan fingerprint density at radius 2 is 2.00 bits per heavy atom. The molecule has 0 saturated heterocycles. The van der Waals surface area contributed by atoms with Crippen molar-refractivity contribution in [3.05, 3.63) is 40.4 Å². The number of nitrogens with one attached hydrogen (secondary N) is 1. The molecule has 2 heterocycles.